The summed E-state index contributed by atoms with van der Waals surface area (Å²) in [5.74, 6) is 0.222. The van der Waals surface area contributed by atoms with Gasteiger partial charge in [-0.1, -0.05) is 11.6 Å². The first-order valence-corrected chi connectivity index (χ1v) is 7.36. The molecule has 0 aromatic carbocycles. The van der Waals surface area contributed by atoms with Crippen molar-refractivity contribution in [2.24, 2.45) is 0 Å². The third-order valence-corrected chi connectivity index (χ3v) is 3.79. The second-order valence-corrected chi connectivity index (χ2v) is 5.78. The largest absolute Gasteiger partial charge is 0.382 e. The van der Waals surface area contributed by atoms with Crippen LogP contribution in [0.2, 0.25) is 5.15 Å². The highest BCUT2D eigenvalue weighted by atomic mass is 35.5. The number of sulfone groups is 1. The van der Waals surface area contributed by atoms with Gasteiger partial charge in [-0.05, 0) is 13.8 Å². The molecule has 6 nitrogen and oxygen atoms in total. The second kappa shape index (κ2) is 6.40. The summed E-state index contributed by atoms with van der Waals surface area (Å²) >= 11 is 5.84. The van der Waals surface area contributed by atoms with E-state index in [1.165, 1.54) is 0 Å². The molecule has 1 rings (SSSR count). The Morgan fingerprint density at radius 2 is 1.78 bits per heavy atom. The molecular weight excluding hydrogens is 299 g/mol. The first kappa shape index (κ1) is 17.2. The molecule has 1 aromatic heterocycles. The Bertz CT molecular complexity index is 494. The van der Waals surface area contributed by atoms with Crippen LogP contribution >= 0.6 is 24.0 Å². The fourth-order valence-corrected chi connectivity index (χ4v) is 2.79. The first-order chi connectivity index (χ1) is 7.81. The molecule has 0 saturated carbocycles. The van der Waals surface area contributed by atoms with Crippen LogP contribution in [0.15, 0.2) is 4.90 Å². The lowest BCUT2D eigenvalue weighted by molar-refractivity contribution is 0.601. The van der Waals surface area contributed by atoms with E-state index in [9.17, 15) is 8.42 Å². The number of halogens is 2. The Balaban J connectivity index is 0.00000289. The van der Waals surface area contributed by atoms with Crippen LogP contribution in [0.3, 0.4) is 0 Å². The van der Waals surface area contributed by atoms with E-state index in [2.05, 4.69) is 9.97 Å². The molecule has 0 saturated heterocycles. The van der Waals surface area contributed by atoms with Gasteiger partial charge in [-0.15, -0.1) is 12.4 Å². The zero-order valence-corrected chi connectivity index (χ0v) is 12.7. The van der Waals surface area contributed by atoms with E-state index in [4.69, 9.17) is 17.3 Å². The highest BCUT2D eigenvalue weighted by Crippen LogP contribution is 2.26. The number of nitrogen functional groups attached to an aromatic ring is 1. The van der Waals surface area contributed by atoms with Crippen molar-refractivity contribution in [2.75, 3.05) is 30.0 Å². The van der Waals surface area contributed by atoms with Crippen molar-refractivity contribution in [3.63, 3.8) is 0 Å². The molecule has 18 heavy (non-hydrogen) atoms. The molecule has 104 valence electrons. The number of nitrogens with zero attached hydrogens (tertiary/aromatic N) is 3. The maximum absolute atomic E-state index is 11.4. The summed E-state index contributed by atoms with van der Waals surface area (Å²) in [6, 6.07) is 0. The number of anilines is 2. The minimum absolute atomic E-state index is 0. The molecule has 2 N–H and O–H groups in total. The van der Waals surface area contributed by atoms with Gasteiger partial charge in [0.15, 0.2) is 15.0 Å². The third-order valence-electron chi connectivity index (χ3n) is 2.26. The molecule has 0 aliphatic rings. The van der Waals surface area contributed by atoms with Crippen LogP contribution in [0.4, 0.5) is 11.8 Å². The van der Waals surface area contributed by atoms with Gasteiger partial charge in [-0.2, -0.15) is 9.97 Å². The lowest BCUT2D eigenvalue weighted by Crippen LogP contribution is -2.25. The van der Waals surface area contributed by atoms with E-state index in [0.717, 1.165) is 6.26 Å². The molecule has 0 amide bonds. The number of hydrogen-bond donors (Lipinski definition) is 1. The van der Waals surface area contributed by atoms with E-state index in [0.29, 0.717) is 19.0 Å². The molecule has 0 unspecified atom stereocenters. The van der Waals surface area contributed by atoms with Gasteiger partial charge >= 0.3 is 0 Å². The lowest BCUT2D eigenvalue weighted by Gasteiger charge is -2.19. The monoisotopic (exact) mass is 314 g/mol. The van der Waals surface area contributed by atoms with Gasteiger partial charge < -0.3 is 10.6 Å². The van der Waals surface area contributed by atoms with Crippen LogP contribution in [0.25, 0.3) is 0 Å². The maximum Gasteiger partial charge on any atom is 0.228 e. The minimum atomic E-state index is -3.52. The zero-order valence-electron chi connectivity index (χ0n) is 10.3. The molecule has 1 heterocycles. The van der Waals surface area contributed by atoms with E-state index in [1.54, 1.807) is 0 Å². The maximum atomic E-state index is 11.4. The topological polar surface area (TPSA) is 89.2 Å². The molecule has 1 aromatic rings. The fourth-order valence-electron chi connectivity index (χ4n) is 1.42. The molecule has 0 atom stereocenters. The summed E-state index contributed by atoms with van der Waals surface area (Å²) < 4.78 is 22.9. The molecule has 9 heteroatoms. The molecule has 0 bridgehead atoms. The predicted molar refractivity (Wildman–Crippen MR) is 75.4 cm³/mol. The summed E-state index contributed by atoms with van der Waals surface area (Å²) in [6.45, 7) is 5.23. The fraction of sp³-hybridized carbons (Fsp3) is 0.556. The Kier molecular flexibility index (Phi) is 6.12. The number of rotatable bonds is 4. The average molecular weight is 315 g/mol. The zero-order chi connectivity index (χ0) is 13.2. The number of aromatic nitrogens is 2. The Labute approximate surface area is 118 Å². The van der Waals surface area contributed by atoms with Gasteiger partial charge in [0.2, 0.25) is 5.95 Å². The van der Waals surface area contributed by atoms with Crippen molar-refractivity contribution >= 4 is 45.6 Å². The number of nitrogens with two attached hydrogens (primary N) is 1. The van der Waals surface area contributed by atoms with Gasteiger partial charge in [-0.3, -0.25) is 0 Å². The van der Waals surface area contributed by atoms with Crippen LogP contribution in [-0.4, -0.2) is 37.7 Å². The summed E-state index contributed by atoms with van der Waals surface area (Å²) in [5.41, 5.74) is 5.61. The van der Waals surface area contributed by atoms with Crippen molar-refractivity contribution in [3.8, 4) is 0 Å². The van der Waals surface area contributed by atoms with Crippen molar-refractivity contribution in [1.82, 2.24) is 9.97 Å². The number of hydrogen-bond acceptors (Lipinski definition) is 6. The Morgan fingerprint density at radius 1 is 1.28 bits per heavy atom. The van der Waals surface area contributed by atoms with E-state index >= 15 is 0 Å². The highest BCUT2D eigenvalue weighted by molar-refractivity contribution is 7.91. The SMILES string of the molecule is CCN(CC)c1nc(N)c(S(C)(=O)=O)c(Cl)n1.Cl. The molecule has 0 spiro atoms. The van der Waals surface area contributed by atoms with Gasteiger partial charge in [-0.25, -0.2) is 8.42 Å². The van der Waals surface area contributed by atoms with Crippen LogP contribution in [-0.2, 0) is 9.84 Å². The molecule has 0 aliphatic carbocycles. The summed E-state index contributed by atoms with van der Waals surface area (Å²) in [6.07, 6.45) is 1.02. The van der Waals surface area contributed by atoms with Crippen molar-refractivity contribution < 1.29 is 8.42 Å². The van der Waals surface area contributed by atoms with Crippen LogP contribution in [0.1, 0.15) is 13.8 Å². The van der Waals surface area contributed by atoms with Gasteiger partial charge in [0, 0.05) is 19.3 Å². The first-order valence-electron chi connectivity index (χ1n) is 5.09. The standard InChI is InChI=1S/C9H15ClN4O2S.ClH/c1-4-14(5-2)9-12-7(10)6(8(11)13-9)17(3,15)16;/h4-5H2,1-3H3,(H2,11,12,13);1H. The quantitative estimate of drug-likeness (QED) is 0.845. The van der Waals surface area contributed by atoms with Crippen LogP contribution < -0.4 is 10.6 Å². The molecule has 0 radical (unpaired) electrons. The van der Waals surface area contributed by atoms with Gasteiger partial charge in [0.05, 0.1) is 0 Å². The Hall–Kier alpha value is -0.790. The van der Waals surface area contributed by atoms with Gasteiger partial charge in [0.25, 0.3) is 0 Å². The van der Waals surface area contributed by atoms with Crippen molar-refractivity contribution in [1.29, 1.82) is 0 Å². The van der Waals surface area contributed by atoms with E-state index < -0.39 is 9.84 Å². The molecule has 0 fully saturated rings. The third kappa shape index (κ3) is 3.60. The van der Waals surface area contributed by atoms with Crippen LogP contribution in [0.5, 0.6) is 0 Å². The highest BCUT2D eigenvalue weighted by Gasteiger charge is 2.21. The smallest absolute Gasteiger partial charge is 0.228 e. The van der Waals surface area contributed by atoms with E-state index in [-0.39, 0.29) is 28.3 Å². The summed E-state index contributed by atoms with van der Waals surface area (Å²) in [4.78, 5) is 9.55. The van der Waals surface area contributed by atoms with E-state index in [1.807, 2.05) is 18.7 Å². The minimum Gasteiger partial charge on any atom is -0.382 e. The molecule has 0 aliphatic heterocycles. The van der Waals surface area contributed by atoms with Crippen molar-refractivity contribution in [2.45, 2.75) is 18.7 Å². The normalized spacial score (nSPS) is 10.9. The van der Waals surface area contributed by atoms with Crippen molar-refractivity contribution in [3.05, 3.63) is 5.15 Å². The molecular formula is C9H16Cl2N4O2S. The summed E-state index contributed by atoms with van der Waals surface area (Å²) in [7, 11) is -3.52. The predicted octanol–water partition coefficient (Wildman–Crippen LogP) is 1.38. The van der Waals surface area contributed by atoms with Crippen LogP contribution in [0, 0.1) is 0 Å². The van der Waals surface area contributed by atoms with Gasteiger partial charge in [0.1, 0.15) is 10.7 Å². The second-order valence-electron chi connectivity index (χ2n) is 3.47. The lowest BCUT2D eigenvalue weighted by atomic mass is 10.5. The Morgan fingerprint density at radius 3 is 2.11 bits per heavy atom. The summed E-state index contributed by atoms with van der Waals surface area (Å²) in [5, 5.41) is -0.137. The average Bonchev–Trinajstić information content (AvgIpc) is 2.16.